The Kier molecular flexibility index (Phi) is 4.98. The maximum absolute atomic E-state index is 10.7. The summed E-state index contributed by atoms with van der Waals surface area (Å²) in [6.07, 6.45) is 2.10. The van der Waals surface area contributed by atoms with E-state index in [9.17, 15) is 4.79 Å². The summed E-state index contributed by atoms with van der Waals surface area (Å²) < 4.78 is 2.02. The molecule has 2 heterocycles. The lowest BCUT2D eigenvalue weighted by Gasteiger charge is -2.07. The van der Waals surface area contributed by atoms with Crippen LogP contribution in [0.1, 0.15) is 19.8 Å². The van der Waals surface area contributed by atoms with Gasteiger partial charge in [0, 0.05) is 6.54 Å². The SMILES string of the molecule is CCCCn1c(SCC(=O)O)nnc1-c1cccs1. The molecule has 0 amide bonds. The molecule has 2 aromatic heterocycles. The maximum Gasteiger partial charge on any atom is 0.313 e. The van der Waals surface area contributed by atoms with Crippen molar-refractivity contribution in [3.63, 3.8) is 0 Å². The molecule has 0 aromatic carbocycles. The highest BCUT2D eigenvalue weighted by Crippen LogP contribution is 2.27. The van der Waals surface area contributed by atoms with E-state index in [2.05, 4.69) is 17.1 Å². The molecule has 0 aliphatic rings. The number of aromatic nitrogens is 3. The summed E-state index contributed by atoms with van der Waals surface area (Å²) in [4.78, 5) is 11.7. The first-order valence-corrected chi connectivity index (χ1v) is 7.90. The highest BCUT2D eigenvalue weighted by molar-refractivity contribution is 7.99. The summed E-state index contributed by atoms with van der Waals surface area (Å²) >= 11 is 2.83. The average molecular weight is 297 g/mol. The molecule has 2 aromatic rings. The van der Waals surface area contributed by atoms with Crippen LogP contribution in [-0.4, -0.2) is 31.6 Å². The monoisotopic (exact) mass is 297 g/mol. The lowest BCUT2D eigenvalue weighted by molar-refractivity contribution is -0.133. The smallest absolute Gasteiger partial charge is 0.313 e. The molecule has 0 saturated heterocycles. The van der Waals surface area contributed by atoms with Crippen molar-refractivity contribution in [3.8, 4) is 10.7 Å². The zero-order valence-corrected chi connectivity index (χ0v) is 12.2. The van der Waals surface area contributed by atoms with Crippen LogP contribution in [0, 0.1) is 0 Å². The molecule has 5 nitrogen and oxygen atoms in total. The summed E-state index contributed by atoms with van der Waals surface area (Å²) in [5.74, 6) is -0.00151. The Labute approximate surface area is 119 Å². The van der Waals surface area contributed by atoms with Gasteiger partial charge in [0.05, 0.1) is 10.6 Å². The fraction of sp³-hybridized carbons (Fsp3) is 0.417. The number of carbonyl (C=O) groups is 1. The van der Waals surface area contributed by atoms with E-state index >= 15 is 0 Å². The molecule has 0 atom stereocenters. The third kappa shape index (κ3) is 3.57. The second-order valence-corrected chi connectivity index (χ2v) is 5.86. The predicted molar refractivity (Wildman–Crippen MR) is 76.6 cm³/mol. The third-order valence-electron chi connectivity index (χ3n) is 2.52. The third-order valence-corrected chi connectivity index (χ3v) is 4.34. The standard InChI is InChI=1S/C12H15N3O2S2/c1-2-3-6-15-11(9-5-4-7-18-9)13-14-12(15)19-8-10(16)17/h4-5,7H,2-3,6,8H2,1H3,(H,16,17). The topological polar surface area (TPSA) is 68.0 Å². The summed E-state index contributed by atoms with van der Waals surface area (Å²) in [6, 6.07) is 3.98. The van der Waals surface area contributed by atoms with Gasteiger partial charge in [-0.05, 0) is 17.9 Å². The second kappa shape index (κ2) is 6.72. The molecule has 1 N–H and O–H groups in total. The summed E-state index contributed by atoms with van der Waals surface area (Å²) in [6.45, 7) is 2.94. The first kappa shape index (κ1) is 14.1. The lowest BCUT2D eigenvalue weighted by atomic mass is 10.3. The van der Waals surface area contributed by atoms with E-state index in [1.807, 2.05) is 22.1 Å². The van der Waals surface area contributed by atoms with E-state index in [0.717, 1.165) is 30.1 Å². The molecule has 102 valence electrons. The zero-order valence-electron chi connectivity index (χ0n) is 10.6. The fourth-order valence-electron chi connectivity index (χ4n) is 1.63. The molecule has 19 heavy (non-hydrogen) atoms. The Morgan fingerprint density at radius 2 is 2.37 bits per heavy atom. The van der Waals surface area contributed by atoms with Crippen LogP contribution in [0.3, 0.4) is 0 Å². The van der Waals surface area contributed by atoms with Gasteiger partial charge in [-0.25, -0.2) is 0 Å². The molecule has 7 heteroatoms. The van der Waals surface area contributed by atoms with Crippen LogP contribution in [0.5, 0.6) is 0 Å². The van der Waals surface area contributed by atoms with Crippen LogP contribution in [0.4, 0.5) is 0 Å². The van der Waals surface area contributed by atoms with Gasteiger partial charge in [0.25, 0.3) is 0 Å². The number of thiophene rings is 1. The highest BCUT2D eigenvalue weighted by Gasteiger charge is 2.15. The van der Waals surface area contributed by atoms with E-state index in [0.29, 0.717) is 5.16 Å². The highest BCUT2D eigenvalue weighted by atomic mass is 32.2. The number of nitrogens with zero attached hydrogens (tertiary/aromatic N) is 3. The molecule has 0 fully saturated rings. The average Bonchev–Trinajstić information content (AvgIpc) is 3.02. The van der Waals surface area contributed by atoms with Gasteiger partial charge in [-0.2, -0.15) is 0 Å². The van der Waals surface area contributed by atoms with E-state index in [-0.39, 0.29) is 5.75 Å². The summed E-state index contributed by atoms with van der Waals surface area (Å²) in [5, 5.41) is 19.7. The van der Waals surface area contributed by atoms with E-state index in [1.54, 1.807) is 11.3 Å². The Hall–Kier alpha value is -1.34. The van der Waals surface area contributed by atoms with Gasteiger partial charge < -0.3 is 9.67 Å². The summed E-state index contributed by atoms with van der Waals surface area (Å²) in [7, 11) is 0. The number of carboxylic acid groups (broad SMARTS) is 1. The van der Waals surface area contributed by atoms with Crippen molar-refractivity contribution in [2.24, 2.45) is 0 Å². The minimum Gasteiger partial charge on any atom is -0.481 e. The van der Waals surface area contributed by atoms with Crippen LogP contribution in [-0.2, 0) is 11.3 Å². The van der Waals surface area contributed by atoms with Gasteiger partial charge in [-0.15, -0.1) is 21.5 Å². The predicted octanol–water partition coefficient (Wildman–Crippen LogP) is 2.98. The van der Waals surface area contributed by atoms with Crippen LogP contribution in [0.25, 0.3) is 10.7 Å². The van der Waals surface area contributed by atoms with E-state index in [4.69, 9.17) is 5.11 Å². The van der Waals surface area contributed by atoms with Gasteiger partial charge in [-0.1, -0.05) is 31.2 Å². The molecule has 0 aliphatic carbocycles. The van der Waals surface area contributed by atoms with Crippen molar-refractivity contribution in [1.82, 2.24) is 14.8 Å². The number of unbranched alkanes of at least 4 members (excludes halogenated alkanes) is 1. The molecule has 2 rings (SSSR count). The van der Waals surface area contributed by atoms with Crippen LogP contribution in [0.15, 0.2) is 22.7 Å². The molecule has 0 saturated carbocycles. The lowest BCUT2D eigenvalue weighted by Crippen LogP contribution is -2.04. The molecular formula is C12H15N3O2S2. The number of thioether (sulfide) groups is 1. The molecule has 0 radical (unpaired) electrons. The van der Waals surface area contributed by atoms with Gasteiger partial charge in [0.2, 0.25) is 0 Å². The number of rotatable bonds is 7. The van der Waals surface area contributed by atoms with Gasteiger partial charge in [0.1, 0.15) is 0 Å². The first-order chi connectivity index (χ1) is 9.22. The molecule has 0 bridgehead atoms. The van der Waals surface area contributed by atoms with E-state index < -0.39 is 5.97 Å². The van der Waals surface area contributed by atoms with Crippen LogP contribution >= 0.6 is 23.1 Å². The van der Waals surface area contributed by atoms with Crippen molar-refractivity contribution < 1.29 is 9.90 Å². The van der Waals surface area contributed by atoms with Crippen LogP contribution in [0.2, 0.25) is 0 Å². The van der Waals surface area contributed by atoms with Gasteiger partial charge >= 0.3 is 5.97 Å². The molecule has 0 spiro atoms. The minimum atomic E-state index is -0.840. The minimum absolute atomic E-state index is 0.00863. The second-order valence-electron chi connectivity index (χ2n) is 3.97. The Morgan fingerprint density at radius 3 is 3.00 bits per heavy atom. The van der Waals surface area contributed by atoms with Gasteiger partial charge in [-0.3, -0.25) is 4.79 Å². The fourth-order valence-corrected chi connectivity index (χ4v) is 3.03. The maximum atomic E-state index is 10.7. The normalized spacial score (nSPS) is 10.8. The van der Waals surface area contributed by atoms with Crippen LogP contribution < -0.4 is 0 Å². The number of carboxylic acids is 1. The molecule has 0 unspecified atom stereocenters. The van der Waals surface area contributed by atoms with Crippen molar-refractivity contribution >= 4 is 29.1 Å². The molecule has 0 aliphatic heterocycles. The number of hydrogen-bond donors (Lipinski definition) is 1. The van der Waals surface area contributed by atoms with Crippen molar-refractivity contribution in [1.29, 1.82) is 0 Å². The van der Waals surface area contributed by atoms with E-state index in [1.165, 1.54) is 11.8 Å². The van der Waals surface area contributed by atoms with Crippen molar-refractivity contribution in [3.05, 3.63) is 17.5 Å². The Balaban J connectivity index is 2.25. The molecular weight excluding hydrogens is 282 g/mol. The number of hydrogen-bond acceptors (Lipinski definition) is 5. The quantitative estimate of drug-likeness (QED) is 0.796. The Bertz CT molecular complexity index is 537. The Morgan fingerprint density at radius 1 is 1.53 bits per heavy atom. The van der Waals surface area contributed by atoms with Crippen molar-refractivity contribution in [2.45, 2.75) is 31.5 Å². The number of aliphatic carboxylic acids is 1. The largest absolute Gasteiger partial charge is 0.481 e. The van der Waals surface area contributed by atoms with Crippen molar-refractivity contribution in [2.75, 3.05) is 5.75 Å². The zero-order chi connectivity index (χ0) is 13.7. The summed E-state index contributed by atoms with van der Waals surface area (Å²) in [5.41, 5.74) is 0. The van der Waals surface area contributed by atoms with Gasteiger partial charge in [0.15, 0.2) is 11.0 Å². The first-order valence-electron chi connectivity index (χ1n) is 6.04.